The van der Waals surface area contributed by atoms with Crippen molar-refractivity contribution in [3.63, 3.8) is 0 Å². The second-order valence-electron chi connectivity index (χ2n) is 6.99. The molecule has 0 fully saturated rings. The highest BCUT2D eigenvalue weighted by Crippen LogP contribution is 2.25. The lowest BCUT2D eigenvalue weighted by Gasteiger charge is -2.12. The molecule has 0 atom stereocenters. The summed E-state index contributed by atoms with van der Waals surface area (Å²) in [6.07, 6.45) is 2.80. The zero-order chi connectivity index (χ0) is 21.7. The molecular formula is C20H24Cl2N6OS. The Labute approximate surface area is 189 Å². The second-order valence-corrected chi connectivity index (χ2v) is 8.89. The molecule has 3 rings (SSSR count). The van der Waals surface area contributed by atoms with Gasteiger partial charge in [-0.1, -0.05) is 41.9 Å². The fourth-order valence-corrected chi connectivity index (χ4v) is 3.97. The highest BCUT2D eigenvalue weighted by molar-refractivity contribution is 7.99. The molecule has 0 aliphatic carbocycles. The molecule has 0 aliphatic rings. The van der Waals surface area contributed by atoms with Crippen molar-refractivity contribution in [1.82, 2.24) is 25.1 Å². The molecule has 2 N–H and O–H groups in total. The Morgan fingerprint density at radius 1 is 1.27 bits per heavy atom. The van der Waals surface area contributed by atoms with E-state index in [1.807, 2.05) is 0 Å². The maximum atomic E-state index is 12.4. The number of halogens is 2. The number of aromatic nitrogens is 4. The quantitative estimate of drug-likeness (QED) is 0.345. The summed E-state index contributed by atoms with van der Waals surface area (Å²) in [5.41, 5.74) is 1.13. The number of hydrogen-bond donors (Lipinski definition) is 2. The van der Waals surface area contributed by atoms with Gasteiger partial charge in [0.2, 0.25) is 0 Å². The molecule has 160 valence electrons. The van der Waals surface area contributed by atoms with E-state index in [4.69, 9.17) is 23.2 Å². The fourth-order valence-electron chi connectivity index (χ4n) is 2.78. The van der Waals surface area contributed by atoms with Crippen LogP contribution in [-0.2, 0) is 6.54 Å². The number of nitrogens with one attached hydrogen (secondary N) is 2. The number of benzene rings is 1. The summed E-state index contributed by atoms with van der Waals surface area (Å²) < 4.78 is 1.78. The van der Waals surface area contributed by atoms with E-state index in [1.165, 1.54) is 0 Å². The maximum absolute atomic E-state index is 12.4. The van der Waals surface area contributed by atoms with Crippen molar-refractivity contribution in [1.29, 1.82) is 0 Å². The molecular weight excluding hydrogens is 443 g/mol. The Kier molecular flexibility index (Phi) is 7.80. The van der Waals surface area contributed by atoms with Gasteiger partial charge in [0, 0.05) is 23.4 Å². The molecule has 3 aromatic rings. The molecule has 1 amide bonds. The first kappa shape index (κ1) is 22.7. The third-order valence-electron chi connectivity index (χ3n) is 4.12. The van der Waals surface area contributed by atoms with E-state index in [9.17, 15) is 4.79 Å². The van der Waals surface area contributed by atoms with Crippen LogP contribution in [0.1, 0.15) is 37.6 Å². The van der Waals surface area contributed by atoms with E-state index in [0.717, 1.165) is 29.0 Å². The number of thioether (sulfide) groups is 1. The Morgan fingerprint density at radius 3 is 2.77 bits per heavy atom. The lowest BCUT2D eigenvalue weighted by atomic mass is 10.2. The van der Waals surface area contributed by atoms with Gasteiger partial charge in [-0.2, -0.15) is 5.10 Å². The van der Waals surface area contributed by atoms with E-state index >= 15 is 0 Å². The first-order valence-corrected chi connectivity index (χ1v) is 11.5. The van der Waals surface area contributed by atoms with Gasteiger partial charge in [-0.3, -0.25) is 4.79 Å². The minimum Gasteiger partial charge on any atom is -0.367 e. The number of carbonyl (C=O) groups is 1. The first-order chi connectivity index (χ1) is 14.4. The summed E-state index contributed by atoms with van der Waals surface area (Å²) in [5, 5.41) is 13.1. The van der Waals surface area contributed by atoms with Gasteiger partial charge in [-0.25, -0.2) is 14.6 Å². The molecule has 1 aromatic carbocycles. The number of hydrogen-bond acceptors (Lipinski definition) is 6. The Bertz CT molecular complexity index is 1040. The highest BCUT2D eigenvalue weighted by atomic mass is 35.5. The fraction of sp³-hybridized carbons (Fsp3) is 0.400. The maximum Gasteiger partial charge on any atom is 0.252 e. The number of fused-ring (bicyclic) bond motifs is 1. The average Bonchev–Trinajstić information content (AvgIpc) is 3.09. The third kappa shape index (κ3) is 5.56. The van der Waals surface area contributed by atoms with E-state index < -0.39 is 0 Å². The molecule has 30 heavy (non-hydrogen) atoms. The summed E-state index contributed by atoms with van der Waals surface area (Å²) in [5.74, 6) is 1.46. The van der Waals surface area contributed by atoms with Crippen molar-refractivity contribution >= 4 is 57.7 Å². The minimum absolute atomic E-state index is 0.235. The predicted molar refractivity (Wildman–Crippen MR) is 124 cm³/mol. The van der Waals surface area contributed by atoms with Gasteiger partial charge in [0.15, 0.2) is 10.8 Å². The normalized spacial score (nSPS) is 11.3. The number of anilines is 1. The van der Waals surface area contributed by atoms with Gasteiger partial charge in [0.25, 0.3) is 5.91 Å². The lowest BCUT2D eigenvalue weighted by molar-refractivity contribution is 0.0952. The average molecular weight is 467 g/mol. The minimum atomic E-state index is -0.260. The zero-order valence-electron chi connectivity index (χ0n) is 17.1. The van der Waals surface area contributed by atoms with Crippen LogP contribution in [0.5, 0.6) is 0 Å². The van der Waals surface area contributed by atoms with Crippen LogP contribution in [0.25, 0.3) is 11.0 Å². The number of nitrogens with zero attached hydrogens (tertiary/aromatic N) is 4. The molecule has 2 aromatic heterocycles. The summed E-state index contributed by atoms with van der Waals surface area (Å²) in [4.78, 5) is 21.7. The molecule has 0 saturated carbocycles. The molecule has 7 nitrogen and oxygen atoms in total. The van der Waals surface area contributed by atoms with Crippen LogP contribution in [0.2, 0.25) is 10.0 Å². The molecule has 10 heteroatoms. The van der Waals surface area contributed by atoms with Crippen molar-refractivity contribution < 1.29 is 4.79 Å². The molecule has 0 unspecified atom stereocenters. The summed E-state index contributed by atoms with van der Waals surface area (Å²) in [6, 6.07) is 5.03. The smallest absolute Gasteiger partial charge is 0.252 e. The molecule has 0 spiro atoms. The highest BCUT2D eigenvalue weighted by Gasteiger charge is 2.15. The monoisotopic (exact) mass is 466 g/mol. The second kappa shape index (κ2) is 10.3. The van der Waals surface area contributed by atoms with Gasteiger partial charge in [-0.05, 0) is 38.5 Å². The van der Waals surface area contributed by atoms with E-state index in [2.05, 4.69) is 46.5 Å². The van der Waals surface area contributed by atoms with Crippen LogP contribution in [0.15, 0.2) is 29.6 Å². The van der Waals surface area contributed by atoms with Crippen molar-refractivity contribution in [2.24, 2.45) is 0 Å². The standard InChI is InChI=1S/C20H24Cl2N6OS/c1-4-9-30-20-26-17(25-12(2)3)15-11-24-28(18(15)27-20)8-7-23-19(29)14-6-5-13(21)10-16(14)22/h5-6,10-12H,4,7-9H2,1-3H3,(H,23,29)(H,25,26,27). The van der Waals surface area contributed by atoms with Crippen LogP contribution >= 0.6 is 35.0 Å². The first-order valence-electron chi connectivity index (χ1n) is 9.75. The largest absolute Gasteiger partial charge is 0.367 e. The number of carbonyl (C=O) groups excluding carboxylic acids is 1. The van der Waals surface area contributed by atoms with Crippen LogP contribution < -0.4 is 10.6 Å². The Morgan fingerprint density at radius 2 is 2.07 bits per heavy atom. The Balaban J connectivity index is 1.76. The third-order valence-corrected chi connectivity index (χ3v) is 5.72. The van der Waals surface area contributed by atoms with Crippen molar-refractivity contribution in [2.45, 2.75) is 44.9 Å². The van der Waals surface area contributed by atoms with Gasteiger partial charge < -0.3 is 10.6 Å². The molecule has 0 saturated heterocycles. The number of rotatable bonds is 9. The predicted octanol–water partition coefficient (Wildman–Crippen LogP) is 4.89. The van der Waals surface area contributed by atoms with Gasteiger partial charge in [0.1, 0.15) is 5.82 Å². The van der Waals surface area contributed by atoms with Crippen LogP contribution in [0.4, 0.5) is 5.82 Å². The SMILES string of the molecule is CCCSc1nc(NC(C)C)c2cnn(CCNC(=O)c3ccc(Cl)cc3Cl)c2n1. The molecule has 2 heterocycles. The van der Waals surface area contributed by atoms with E-state index in [-0.39, 0.29) is 11.9 Å². The molecule has 0 radical (unpaired) electrons. The summed E-state index contributed by atoms with van der Waals surface area (Å²) in [6.45, 7) is 7.10. The van der Waals surface area contributed by atoms with Crippen LogP contribution in [-0.4, -0.2) is 44.0 Å². The molecule has 0 aliphatic heterocycles. The van der Waals surface area contributed by atoms with Gasteiger partial charge in [-0.15, -0.1) is 0 Å². The summed E-state index contributed by atoms with van der Waals surface area (Å²) in [7, 11) is 0. The van der Waals surface area contributed by atoms with Crippen molar-refractivity contribution in [3.05, 3.63) is 40.0 Å². The molecule has 0 bridgehead atoms. The van der Waals surface area contributed by atoms with Gasteiger partial charge in [0.05, 0.1) is 28.7 Å². The zero-order valence-corrected chi connectivity index (χ0v) is 19.4. The van der Waals surface area contributed by atoms with E-state index in [1.54, 1.807) is 40.8 Å². The van der Waals surface area contributed by atoms with Gasteiger partial charge >= 0.3 is 0 Å². The number of amides is 1. The van der Waals surface area contributed by atoms with Crippen molar-refractivity contribution in [3.8, 4) is 0 Å². The Hall–Kier alpha value is -2.03. The van der Waals surface area contributed by atoms with Crippen LogP contribution in [0.3, 0.4) is 0 Å². The van der Waals surface area contributed by atoms with Crippen molar-refractivity contribution in [2.75, 3.05) is 17.6 Å². The summed E-state index contributed by atoms with van der Waals surface area (Å²) >= 11 is 13.6. The van der Waals surface area contributed by atoms with Crippen LogP contribution in [0, 0.1) is 0 Å². The van der Waals surface area contributed by atoms with E-state index in [0.29, 0.717) is 33.9 Å². The topological polar surface area (TPSA) is 84.7 Å². The lowest BCUT2D eigenvalue weighted by Crippen LogP contribution is -2.27.